The monoisotopic (exact) mass is 251 g/mol. The average molecular weight is 251 g/mol. The summed E-state index contributed by atoms with van der Waals surface area (Å²) in [7, 11) is 0. The summed E-state index contributed by atoms with van der Waals surface area (Å²) in [4.78, 5) is 11.6. The van der Waals surface area contributed by atoms with Gasteiger partial charge in [0.15, 0.2) is 0 Å². The van der Waals surface area contributed by atoms with Crippen molar-refractivity contribution in [3.63, 3.8) is 0 Å². The fourth-order valence-electron chi connectivity index (χ4n) is 1.56. The van der Waals surface area contributed by atoms with Crippen LogP contribution in [0.5, 0.6) is 0 Å². The molecule has 0 bridgehead atoms. The van der Waals surface area contributed by atoms with E-state index in [-0.39, 0.29) is 12.5 Å². The summed E-state index contributed by atoms with van der Waals surface area (Å²) in [6, 6.07) is 16.3. The molecule has 0 fully saturated rings. The van der Waals surface area contributed by atoms with E-state index in [1.165, 1.54) is 0 Å². The van der Waals surface area contributed by atoms with Gasteiger partial charge in [0.25, 0.3) is 0 Å². The maximum absolute atomic E-state index is 11.6. The topological polar surface area (TPSA) is 49.3 Å². The summed E-state index contributed by atoms with van der Waals surface area (Å²) in [5, 5.41) is 11.7. The van der Waals surface area contributed by atoms with E-state index >= 15 is 0 Å². The van der Waals surface area contributed by atoms with Gasteiger partial charge in [-0.1, -0.05) is 36.3 Å². The molecule has 2 rings (SSSR count). The summed E-state index contributed by atoms with van der Waals surface area (Å²) >= 11 is 0. The van der Waals surface area contributed by atoms with Crippen molar-refractivity contribution in [3.8, 4) is 11.8 Å². The molecule has 0 spiro atoms. The lowest BCUT2D eigenvalue weighted by Crippen LogP contribution is -2.08. The van der Waals surface area contributed by atoms with Crippen LogP contribution in [0.3, 0.4) is 0 Å². The molecule has 0 atom stereocenters. The lowest BCUT2D eigenvalue weighted by molar-refractivity contribution is -0.111. The smallest absolute Gasteiger partial charge is 0.300 e. The predicted octanol–water partition coefficient (Wildman–Crippen LogP) is 2.17. The van der Waals surface area contributed by atoms with Crippen LogP contribution in [0, 0.1) is 11.8 Å². The van der Waals surface area contributed by atoms with E-state index in [0.29, 0.717) is 5.69 Å². The van der Waals surface area contributed by atoms with E-state index in [2.05, 4.69) is 17.2 Å². The molecule has 0 aliphatic carbocycles. The lowest BCUT2D eigenvalue weighted by Gasteiger charge is -2.02. The van der Waals surface area contributed by atoms with Gasteiger partial charge in [0.05, 0.1) is 6.61 Å². The third-order valence-corrected chi connectivity index (χ3v) is 2.46. The Kier molecular flexibility index (Phi) is 4.33. The largest absolute Gasteiger partial charge is 0.392 e. The van der Waals surface area contributed by atoms with Crippen LogP contribution >= 0.6 is 0 Å². The molecule has 2 aromatic carbocycles. The Hall–Kier alpha value is -2.57. The number of aliphatic hydroxyl groups is 1. The van der Waals surface area contributed by atoms with Crippen LogP contribution in [0.2, 0.25) is 0 Å². The van der Waals surface area contributed by atoms with Crippen LogP contribution in [0.4, 0.5) is 5.69 Å². The fraction of sp³-hybridized carbons (Fsp3) is 0.0625. The van der Waals surface area contributed by atoms with Crippen LogP contribution in [-0.4, -0.2) is 11.0 Å². The molecule has 0 aliphatic rings. The third-order valence-electron chi connectivity index (χ3n) is 2.46. The zero-order valence-electron chi connectivity index (χ0n) is 10.3. The maximum atomic E-state index is 11.6. The summed E-state index contributed by atoms with van der Waals surface area (Å²) < 4.78 is 0. The van der Waals surface area contributed by atoms with Crippen molar-refractivity contribution in [1.82, 2.24) is 0 Å². The Labute approximate surface area is 111 Å². The number of carbonyl (C=O) groups is 1. The SMILES string of the molecule is O=C(C#Cc1ccccc1)Nc1cccc(CO)c1. The van der Waals surface area contributed by atoms with Crippen LogP contribution in [0.15, 0.2) is 54.6 Å². The standard InChI is InChI=1S/C16H13NO2/c18-12-14-7-4-8-15(11-14)17-16(19)10-9-13-5-2-1-3-6-13/h1-8,11,18H,12H2,(H,17,19). The molecule has 0 heterocycles. The van der Waals surface area contributed by atoms with E-state index in [0.717, 1.165) is 11.1 Å². The van der Waals surface area contributed by atoms with Crippen molar-refractivity contribution < 1.29 is 9.90 Å². The highest BCUT2D eigenvalue weighted by Crippen LogP contribution is 2.10. The maximum Gasteiger partial charge on any atom is 0.300 e. The van der Waals surface area contributed by atoms with Gasteiger partial charge in [-0.3, -0.25) is 4.79 Å². The molecule has 0 aliphatic heterocycles. The first kappa shape index (κ1) is 12.9. The second kappa shape index (κ2) is 6.39. The molecule has 94 valence electrons. The van der Waals surface area contributed by atoms with E-state index in [1.807, 2.05) is 30.3 Å². The Morgan fingerprint density at radius 3 is 2.63 bits per heavy atom. The molecule has 0 saturated heterocycles. The number of carbonyl (C=O) groups excluding carboxylic acids is 1. The number of aliphatic hydroxyl groups excluding tert-OH is 1. The summed E-state index contributed by atoms with van der Waals surface area (Å²) in [6.45, 7) is -0.0561. The Bertz CT molecular complexity index is 624. The second-order valence-electron chi connectivity index (χ2n) is 3.93. The van der Waals surface area contributed by atoms with Gasteiger partial charge in [-0.2, -0.15) is 0 Å². The predicted molar refractivity (Wildman–Crippen MR) is 74.3 cm³/mol. The molecule has 3 heteroatoms. The number of amides is 1. The molecule has 0 unspecified atom stereocenters. The normalized spacial score (nSPS) is 9.32. The molecule has 2 N–H and O–H groups in total. The van der Waals surface area contributed by atoms with Crippen molar-refractivity contribution in [2.75, 3.05) is 5.32 Å². The van der Waals surface area contributed by atoms with Crippen molar-refractivity contribution in [1.29, 1.82) is 0 Å². The minimum absolute atomic E-state index is 0.0561. The first-order valence-corrected chi connectivity index (χ1v) is 5.86. The van der Waals surface area contributed by atoms with Gasteiger partial charge in [0, 0.05) is 17.2 Å². The van der Waals surface area contributed by atoms with Gasteiger partial charge < -0.3 is 10.4 Å². The van der Waals surface area contributed by atoms with Crippen LogP contribution < -0.4 is 5.32 Å². The minimum atomic E-state index is -0.376. The molecule has 3 nitrogen and oxygen atoms in total. The molecule has 2 aromatic rings. The number of benzene rings is 2. The highest BCUT2D eigenvalue weighted by atomic mass is 16.3. The van der Waals surface area contributed by atoms with E-state index in [1.54, 1.807) is 24.3 Å². The average Bonchev–Trinajstić information content (AvgIpc) is 2.46. The first-order chi connectivity index (χ1) is 9.28. The molecule has 1 amide bonds. The van der Waals surface area contributed by atoms with Crippen molar-refractivity contribution in [3.05, 3.63) is 65.7 Å². The Morgan fingerprint density at radius 1 is 1.11 bits per heavy atom. The van der Waals surface area contributed by atoms with E-state index < -0.39 is 0 Å². The highest BCUT2D eigenvalue weighted by Gasteiger charge is 1.98. The first-order valence-electron chi connectivity index (χ1n) is 5.86. The fourth-order valence-corrected chi connectivity index (χ4v) is 1.56. The van der Waals surface area contributed by atoms with Crippen LogP contribution in [0.1, 0.15) is 11.1 Å². The molecule has 0 aromatic heterocycles. The third kappa shape index (κ3) is 3.98. The van der Waals surface area contributed by atoms with Crippen molar-refractivity contribution >= 4 is 11.6 Å². The Balaban J connectivity index is 2.04. The molecule has 19 heavy (non-hydrogen) atoms. The van der Waals surface area contributed by atoms with Crippen LogP contribution in [-0.2, 0) is 11.4 Å². The number of hydrogen-bond donors (Lipinski definition) is 2. The van der Waals surface area contributed by atoms with Gasteiger partial charge in [0.1, 0.15) is 0 Å². The molecular weight excluding hydrogens is 238 g/mol. The Morgan fingerprint density at radius 2 is 1.89 bits per heavy atom. The number of rotatable bonds is 2. The highest BCUT2D eigenvalue weighted by molar-refractivity contribution is 6.04. The van der Waals surface area contributed by atoms with Crippen LogP contribution in [0.25, 0.3) is 0 Å². The summed E-state index contributed by atoms with van der Waals surface area (Å²) in [5.74, 6) is 4.93. The number of nitrogens with one attached hydrogen (secondary N) is 1. The lowest BCUT2D eigenvalue weighted by atomic mass is 10.2. The van der Waals surface area contributed by atoms with Crippen molar-refractivity contribution in [2.24, 2.45) is 0 Å². The molecular formula is C16H13NO2. The van der Waals surface area contributed by atoms with Gasteiger partial charge >= 0.3 is 5.91 Å². The van der Waals surface area contributed by atoms with Gasteiger partial charge in [0.2, 0.25) is 0 Å². The summed E-state index contributed by atoms with van der Waals surface area (Å²) in [5.41, 5.74) is 2.16. The van der Waals surface area contributed by atoms with E-state index in [9.17, 15) is 4.79 Å². The quantitative estimate of drug-likeness (QED) is 0.804. The molecule has 0 saturated carbocycles. The minimum Gasteiger partial charge on any atom is -0.392 e. The second-order valence-corrected chi connectivity index (χ2v) is 3.93. The number of anilines is 1. The van der Waals surface area contributed by atoms with Crippen molar-refractivity contribution in [2.45, 2.75) is 6.61 Å². The zero-order chi connectivity index (χ0) is 13.5. The van der Waals surface area contributed by atoms with Gasteiger partial charge in [-0.15, -0.1) is 0 Å². The number of hydrogen-bond acceptors (Lipinski definition) is 2. The van der Waals surface area contributed by atoms with Gasteiger partial charge in [-0.25, -0.2) is 0 Å². The van der Waals surface area contributed by atoms with Gasteiger partial charge in [-0.05, 0) is 29.8 Å². The summed E-state index contributed by atoms with van der Waals surface area (Å²) in [6.07, 6.45) is 0. The van der Waals surface area contributed by atoms with E-state index in [4.69, 9.17) is 5.11 Å². The zero-order valence-corrected chi connectivity index (χ0v) is 10.3. The molecule has 0 radical (unpaired) electrons.